The molecule has 3 heteroatoms. The van der Waals surface area contributed by atoms with Crippen molar-refractivity contribution < 1.29 is 4.42 Å². The number of fused-ring (bicyclic) bond motifs is 1. The number of aryl methyl sites for hydroxylation is 1. The van der Waals surface area contributed by atoms with Gasteiger partial charge in [-0.25, -0.2) is 0 Å². The van der Waals surface area contributed by atoms with E-state index in [2.05, 4.69) is 13.0 Å². The van der Waals surface area contributed by atoms with Gasteiger partial charge in [-0.3, -0.25) is 0 Å². The van der Waals surface area contributed by atoms with Crippen LogP contribution in [-0.4, -0.2) is 0 Å². The van der Waals surface area contributed by atoms with Crippen LogP contribution in [0.15, 0.2) is 52.9 Å². The number of alkyl halides is 1. The molecule has 0 radical (unpaired) electrons. The third kappa shape index (κ3) is 2.84. The van der Waals surface area contributed by atoms with Crippen molar-refractivity contribution in [1.29, 1.82) is 0 Å². The highest BCUT2D eigenvalue weighted by atomic mass is 35.5. The van der Waals surface area contributed by atoms with Crippen molar-refractivity contribution in [3.05, 3.63) is 70.4 Å². The van der Waals surface area contributed by atoms with Gasteiger partial charge in [0.15, 0.2) is 0 Å². The van der Waals surface area contributed by atoms with Gasteiger partial charge in [0.25, 0.3) is 0 Å². The van der Waals surface area contributed by atoms with E-state index in [0.29, 0.717) is 6.42 Å². The van der Waals surface area contributed by atoms with E-state index in [1.165, 1.54) is 5.56 Å². The molecule has 3 aromatic rings. The van der Waals surface area contributed by atoms with Crippen LogP contribution in [0.4, 0.5) is 0 Å². The molecule has 1 nitrogen and oxygen atoms in total. The first-order valence-electron chi connectivity index (χ1n) is 6.50. The number of halogens is 2. The van der Waals surface area contributed by atoms with Gasteiger partial charge in [0.1, 0.15) is 11.3 Å². The zero-order valence-electron chi connectivity index (χ0n) is 11.1. The Morgan fingerprint density at radius 3 is 2.75 bits per heavy atom. The average Bonchev–Trinajstić information content (AvgIpc) is 2.81. The zero-order chi connectivity index (χ0) is 14.1. The largest absolute Gasteiger partial charge is 0.459 e. The molecule has 0 aliphatic rings. The van der Waals surface area contributed by atoms with Crippen molar-refractivity contribution >= 4 is 34.2 Å². The predicted molar refractivity (Wildman–Crippen MR) is 84.7 cm³/mol. The Labute approximate surface area is 128 Å². The summed E-state index contributed by atoms with van der Waals surface area (Å²) in [4.78, 5) is 0. The molecule has 1 aromatic heterocycles. The summed E-state index contributed by atoms with van der Waals surface area (Å²) in [5.41, 5.74) is 3.20. The molecule has 1 atom stereocenters. The van der Waals surface area contributed by atoms with Crippen LogP contribution in [0.25, 0.3) is 11.0 Å². The molecule has 0 N–H and O–H groups in total. The fourth-order valence-corrected chi connectivity index (χ4v) is 2.81. The van der Waals surface area contributed by atoms with E-state index in [9.17, 15) is 0 Å². The SMILES string of the molecule is Cc1ccc2oc(C(Cl)Cc3cccc(Cl)c3)cc2c1. The molecule has 1 unspecified atom stereocenters. The van der Waals surface area contributed by atoms with E-state index in [0.717, 1.165) is 27.3 Å². The topological polar surface area (TPSA) is 13.1 Å². The van der Waals surface area contributed by atoms with Crippen molar-refractivity contribution in [1.82, 2.24) is 0 Å². The monoisotopic (exact) mass is 304 g/mol. The quantitative estimate of drug-likeness (QED) is 0.548. The first kappa shape index (κ1) is 13.5. The maximum absolute atomic E-state index is 6.47. The number of hydrogen-bond acceptors (Lipinski definition) is 1. The van der Waals surface area contributed by atoms with Gasteiger partial charge in [-0.2, -0.15) is 0 Å². The van der Waals surface area contributed by atoms with Gasteiger partial charge < -0.3 is 4.42 Å². The lowest BCUT2D eigenvalue weighted by Crippen LogP contribution is -1.94. The van der Waals surface area contributed by atoms with Crippen LogP contribution < -0.4 is 0 Å². The van der Waals surface area contributed by atoms with Crippen molar-refractivity contribution in [3.8, 4) is 0 Å². The Morgan fingerprint density at radius 1 is 1.10 bits per heavy atom. The maximum atomic E-state index is 6.47. The lowest BCUT2D eigenvalue weighted by molar-refractivity contribution is 0.540. The lowest BCUT2D eigenvalue weighted by Gasteiger charge is -2.06. The Bertz CT molecular complexity index is 746. The van der Waals surface area contributed by atoms with E-state index in [-0.39, 0.29) is 5.38 Å². The van der Waals surface area contributed by atoms with Gasteiger partial charge in [0.05, 0.1) is 5.38 Å². The van der Waals surface area contributed by atoms with E-state index in [1.54, 1.807) is 0 Å². The summed E-state index contributed by atoms with van der Waals surface area (Å²) in [6.07, 6.45) is 0.695. The number of furan rings is 1. The number of rotatable bonds is 3. The van der Waals surface area contributed by atoms with Crippen molar-refractivity contribution in [2.45, 2.75) is 18.7 Å². The highest BCUT2D eigenvalue weighted by Crippen LogP contribution is 2.31. The molecule has 2 aromatic carbocycles. The third-order valence-corrected chi connectivity index (χ3v) is 3.91. The van der Waals surface area contributed by atoms with Crippen molar-refractivity contribution in [2.24, 2.45) is 0 Å². The molecular formula is C17H14Cl2O. The second-order valence-electron chi connectivity index (χ2n) is 4.99. The molecule has 0 bridgehead atoms. The number of hydrogen-bond donors (Lipinski definition) is 0. The van der Waals surface area contributed by atoms with E-state index in [1.807, 2.05) is 42.5 Å². The highest BCUT2D eigenvalue weighted by Gasteiger charge is 2.14. The second-order valence-corrected chi connectivity index (χ2v) is 5.95. The molecule has 0 saturated heterocycles. The molecule has 3 rings (SSSR count). The van der Waals surface area contributed by atoms with Crippen LogP contribution in [0.2, 0.25) is 5.02 Å². The third-order valence-electron chi connectivity index (χ3n) is 3.30. The fraction of sp³-hybridized carbons (Fsp3) is 0.176. The Balaban J connectivity index is 1.86. The standard InChI is InChI=1S/C17H14Cl2O/c1-11-5-6-16-13(7-11)10-17(20-16)15(19)9-12-3-2-4-14(18)8-12/h2-8,10,15H,9H2,1H3. The average molecular weight is 305 g/mol. The van der Waals surface area contributed by atoms with Gasteiger partial charge in [-0.1, -0.05) is 35.4 Å². The zero-order valence-corrected chi connectivity index (χ0v) is 12.6. The minimum atomic E-state index is -0.193. The molecule has 0 amide bonds. The van der Waals surface area contributed by atoms with Gasteiger partial charge in [-0.15, -0.1) is 11.6 Å². The Hall–Kier alpha value is -1.44. The summed E-state index contributed by atoms with van der Waals surface area (Å²) in [6.45, 7) is 2.07. The van der Waals surface area contributed by atoms with Crippen LogP contribution in [0.5, 0.6) is 0 Å². The van der Waals surface area contributed by atoms with E-state index in [4.69, 9.17) is 27.6 Å². The first-order chi connectivity index (χ1) is 9.61. The normalized spacial score (nSPS) is 12.8. The minimum Gasteiger partial charge on any atom is -0.459 e. The Kier molecular flexibility index (Phi) is 3.73. The molecule has 102 valence electrons. The molecular weight excluding hydrogens is 291 g/mol. The molecule has 20 heavy (non-hydrogen) atoms. The lowest BCUT2D eigenvalue weighted by atomic mass is 10.1. The van der Waals surface area contributed by atoms with Crippen LogP contribution in [0.1, 0.15) is 22.3 Å². The van der Waals surface area contributed by atoms with E-state index < -0.39 is 0 Å². The second kappa shape index (κ2) is 5.51. The van der Waals surface area contributed by atoms with Gasteiger partial charge in [0, 0.05) is 10.4 Å². The van der Waals surface area contributed by atoms with E-state index >= 15 is 0 Å². The predicted octanol–water partition coefficient (Wildman–Crippen LogP) is 5.92. The Morgan fingerprint density at radius 2 is 1.95 bits per heavy atom. The summed E-state index contributed by atoms with van der Waals surface area (Å²) in [5, 5.41) is 1.63. The molecule has 0 saturated carbocycles. The van der Waals surface area contributed by atoms with Crippen molar-refractivity contribution in [3.63, 3.8) is 0 Å². The summed E-state index contributed by atoms with van der Waals surface area (Å²) < 4.78 is 5.82. The van der Waals surface area contributed by atoms with Crippen molar-refractivity contribution in [2.75, 3.05) is 0 Å². The summed E-state index contributed by atoms with van der Waals surface area (Å²) in [5.74, 6) is 0.798. The van der Waals surface area contributed by atoms with Crippen LogP contribution in [0, 0.1) is 6.92 Å². The van der Waals surface area contributed by atoms with Gasteiger partial charge >= 0.3 is 0 Å². The maximum Gasteiger partial charge on any atom is 0.134 e. The summed E-state index contributed by atoms with van der Waals surface area (Å²) >= 11 is 12.5. The minimum absolute atomic E-state index is 0.193. The molecule has 0 aliphatic heterocycles. The van der Waals surface area contributed by atoms with Gasteiger partial charge in [-0.05, 0) is 49.2 Å². The van der Waals surface area contributed by atoms with Crippen LogP contribution in [0.3, 0.4) is 0 Å². The molecule has 1 heterocycles. The molecule has 0 aliphatic carbocycles. The van der Waals surface area contributed by atoms with Gasteiger partial charge in [0.2, 0.25) is 0 Å². The summed E-state index contributed by atoms with van der Waals surface area (Å²) in [7, 11) is 0. The van der Waals surface area contributed by atoms with Crippen LogP contribution in [-0.2, 0) is 6.42 Å². The fourth-order valence-electron chi connectivity index (χ4n) is 2.31. The first-order valence-corrected chi connectivity index (χ1v) is 7.32. The smallest absolute Gasteiger partial charge is 0.134 e. The number of benzene rings is 2. The molecule has 0 spiro atoms. The van der Waals surface area contributed by atoms with Crippen LogP contribution >= 0.6 is 23.2 Å². The summed E-state index contributed by atoms with van der Waals surface area (Å²) in [6, 6.07) is 15.9. The molecule has 0 fully saturated rings. The highest BCUT2D eigenvalue weighted by molar-refractivity contribution is 6.30.